The summed E-state index contributed by atoms with van der Waals surface area (Å²) in [6.07, 6.45) is 3.52. The molecule has 0 saturated heterocycles. The minimum atomic E-state index is -1.09. The summed E-state index contributed by atoms with van der Waals surface area (Å²) in [6.45, 7) is 2.98. The summed E-state index contributed by atoms with van der Waals surface area (Å²) in [6, 6.07) is 11.2. The predicted octanol–water partition coefficient (Wildman–Crippen LogP) is 2.16. The number of nitrogens with zero attached hydrogens (tertiary/aromatic N) is 4. The second-order valence-electron chi connectivity index (χ2n) is 5.89. The Labute approximate surface area is 150 Å². The van der Waals surface area contributed by atoms with Crippen molar-refractivity contribution >= 4 is 17.7 Å². The van der Waals surface area contributed by atoms with E-state index < -0.39 is 5.97 Å². The van der Waals surface area contributed by atoms with E-state index in [-0.39, 0.29) is 18.0 Å². The van der Waals surface area contributed by atoms with Crippen LogP contribution in [0.5, 0.6) is 0 Å². The average molecular weight is 353 g/mol. The molecule has 2 heterocycles. The number of benzene rings is 1. The normalized spacial score (nSPS) is 10.7. The van der Waals surface area contributed by atoms with Gasteiger partial charge >= 0.3 is 5.97 Å². The van der Waals surface area contributed by atoms with E-state index >= 15 is 0 Å². The Morgan fingerprint density at radius 2 is 1.85 bits per heavy atom. The second kappa shape index (κ2) is 7.64. The van der Waals surface area contributed by atoms with Gasteiger partial charge in [0, 0.05) is 31.4 Å². The van der Waals surface area contributed by atoms with Crippen molar-refractivity contribution in [1.29, 1.82) is 0 Å². The maximum absolute atomic E-state index is 12.0. The summed E-state index contributed by atoms with van der Waals surface area (Å²) in [5, 5.41) is 19.8. The van der Waals surface area contributed by atoms with Gasteiger partial charge in [-0.25, -0.2) is 4.79 Å². The fraction of sp³-hybridized carbons (Fsp3) is 0.222. The van der Waals surface area contributed by atoms with Gasteiger partial charge in [-0.2, -0.15) is 10.2 Å². The first-order valence-electron chi connectivity index (χ1n) is 8.16. The molecule has 0 aliphatic carbocycles. The molecule has 0 spiro atoms. The van der Waals surface area contributed by atoms with Crippen LogP contribution in [-0.2, 0) is 17.9 Å². The molecule has 0 aliphatic rings. The summed E-state index contributed by atoms with van der Waals surface area (Å²) >= 11 is 0. The predicted molar refractivity (Wildman–Crippen MR) is 94.9 cm³/mol. The lowest BCUT2D eigenvalue weighted by Crippen LogP contribution is -2.15. The third kappa shape index (κ3) is 4.35. The largest absolute Gasteiger partial charge is 0.476 e. The van der Waals surface area contributed by atoms with E-state index in [1.807, 2.05) is 37.4 Å². The fourth-order valence-electron chi connectivity index (χ4n) is 2.50. The summed E-state index contributed by atoms with van der Waals surface area (Å²) < 4.78 is 3.20. The van der Waals surface area contributed by atoms with Crippen molar-refractivity contribution in [2.75, 3.05) is 5.32 Å². The van der Waals surface area contributed by atoms with E-state index in [2.05, 4.69) is 15.5 Å². The van der Waals surface area contributed by atoms with Gasteiger partial charge in [-0.05, 0) is 24.1 Å². The van der Waals surface area contributed by atoms with E-state index in [1.165, 1.54) is 28.1 Å². The number of hydrogen-bond acceptors (Lipinski definition) is 4. The smallest absolute Gasteiger partial charge is 0.356 e. The van der Waals surface area contributed by atoms with Crippen LogP contribution in [0.1, 0.15) is 28.0 Å². The zero-order valence-corrected chi connectivity index (χ0v) is 14.3. The molecule has 8 heteroatoms. The van der Waals surface area contributed by atoms with Crippen LogP contribution >= 0.6 is 0 Å². The van der Waals surface area contributed by atoms with Gasteiger partial charge in [-0.15, -0.1) is 0 Å². The molecular weight excluding hydrogens is 334 g/mol. The van der Waals surface area contributed by atoms with Gasteiger partial charge in [-0.3, -0.25) is 14.2 Å². The molecule has 26 heavy (non-hydrogen) atoms. The van der Waals surface area contributed by atoms with Crippen molar-refractivity contribution in [3.8, 4) is 0 Å². The van der Waals surface area contributed by atoms with Crippen molar-refractivity contribution in [3.63, 3.8) is 0 Å². The molecular formula is C18H19N5O3. The topological polar surface area (TPSA) is 102 Å². The van der Waals surface area contributed by atoms with Crippen LogP contribution in [0.4, 0.5) is 5.82 Å². The monoisotopic (exact) mass is 353 g/mol. The summed E-state index contributed by atoms with van der Waals surface area (Å²) in [5.74, 6) is -0.818. The maximum Gasteiger partial charge on any atom is 0.356 e. The Morgan fingerprint density at radius 3 is 2.58 bits per heavy atom. The van der Waals surface area contributed by atoms with Crippen molar-refractivity contribution in [2.45, 2.75) is 26.4 Å². The van der Waals surface area contributed by atoms with Gasteiger partial charge in [0.15, 0.2) is 11.5 Å². The number of anilines is 1. The van der Waals surface area contributed by atoms with Crippen LogP contribution < -0.4 is 5.32 Å². The molecule has 0 radical (unpaired) electrons. The minimum Gasteiger partial charge on any atom is -0.476 e. The SMILES string of the molecule is Cc1ccccc1Cn1ccc(NC(=O)CCn2ccc(C(=O)O)n2)n1. The molecule has 134 valence electrons. The summed E-state index contributed by atoms with van der Waals surface area (Å²) in [5.41, 5.74) is 2.32. The number of amides is 1. The zero-order valence-electron chi connectivity index (χ0n) is 14.3. The van der Waals surface area contributed by atoms with Crippen molar-refractivity contribution < 1.29 is 14.7 Å². The highest BCUT2D eigenvalue weighted by molar-refractivity contribution is 5.89. The zero-order chi connectivity index (χ0) is 18.5. The van der Waals surface area contributed by atoms with Crippen LogP contribution in [-0.4, -0.2) is 36.5 Å². The lowest BCUT2D eigenvalue weighted by molar-refractivity contribution is -0.116. The van der Waals surface area contributed by atoms with E-state index in [0.717, 1.165) is 0 Å². The number of aromatic carboxylic acids is 1. The first-order valence-corrected chi connectivity index (χ1v) is 8.16. The van der Waals surface area contributed by atoms with Crippen LogP contribution in [0.25, 0.3) is 0 Å². The molecule has 0 atom stereocenters. The third-order valence-corrected chi connectivity index (χ3v) is 3.93. The first-order chi connectivity index (χ1) is 12.5. The molecule has 1 amide bonds. The number of carbonyl (C=O) groups excluding carboxylic acids is 1. The quantitative estimate of drug-likeness (QED) is 0.678. The Bertz CT molecular complexity index is 928. The molecule has 2 aromatic heterocycles. The lowest BCUT2D eigenvalue weighted by atomic mass is 10.1. The molecule has 0 unspecified atom stereocenters. The van der Waals surface area contributed by atoms with E-state index in [1.54, 1.807) is 10.7 Å². The van der Waals surface area contributed by atoms with Crippen molar-refractivity contribution in [3.05, 3.63) is 65.6 Å². The van der Waals surface area contributed by atoms with Gasteiger partial charge in [0.2, 0.25) is 5.91 Å². The van der Waals surface area contributed by atoms with Crippen LogP contribution in [0.2, 0.25) is 0 Å². The number of hydrogen-bond donors (Lipinski definition) is 2. The average Bonchev–Trinajstić information content (AvgIpc) is 3.25. The van der Waals surface area contributed by atoms with Gasteiger partial charge in [0.05, 0.1) is 6.54 Å². The number of carbonyl (C=O) groups is 2. The Morgan fingerprint density at radius 1 is 1.08 bits per heavy atom. The number of aryl methyl sites for hydroxylation is 2. The van der Waals surface area contributed by atoms with E-state index in [9.17, 15) is 9.59 Å². The Hall–Kier alpha value is -3.42. The van der Waals surface area contributed by atoms with Gasteiger partial charge in [-0.1, -0.05) is 24.3 Å². The number of carboxylic acid groups (broad SMARTS) is 1. The number of rotatable bonds is 7. The van der Waals surface area contributed by atoms with Crippen molar-refractivity contribution in [1.82, 2.24) is 19.6 Å². The summed E-state index contributed by atoms with van der Waals surface area (Å²) in [4.78, 5) is 22.8. The molecule has 0 saturated carbocycles. The van der Waals surface area contributed by atoms with Crippen LogP contribution in [0, 0.1) is 6.92 Å². The van der Waals surface area contributed by atoms with Gasteiger partial charge in [0.25, 0.3) is 0 Å². The highest BCUT2D eigenvalue weighted by atomic mass is 16.4. The molecule has 8 nitrogen and oxygen atoms in total. The number of carboxylic acids is 1. The minimum absolute atomic E-state index is 0.0413. The third-order valence-electron chi connectivity index (χ3n) is 3.93. The van der Waals surface area contributed by atoms with E-state index in [4.69, 9.17) is 5.11 Å². The number of aromatic nitrogens is 4. The molecule has 1 aromatic carbocycles. The highest BCUT2D eigenvalue weighted by Gasteiger charge is 2.09. The summed E-state index contributed by atoms with van der Waals surface area (Å²) in [7, 11) is 0. The standard InChI is InChI=1S/C18H19N5O3/c1-13-4-2-3-5-14(13)12-23-10-7-16(21-23)19-17(24)8-11-22-9-6-15(20-22)18(25)26/h2-7,9-10H,8,11-12H2,1H3,(H,25,26)(H,19,21,24). The van der Waals surface area contributed by atoms with Crippen molar-refractivity contribution in [2.24, 2.45) is 0 Å². The molecule has 0 bridgehead atoms. The fourth-order valence-corrected chi connectivity index (χ4v) is 2.50. The Kier molecular flexibility index (Phi) is 5.12. The molecule has 2 N–H and O–H groups in total. The van der Waals surface area contributed by atoms with E-state index in [0.29, 0.717) is 18.9 Å². The molecule has 3 rings (SSSR count). The second-order valence-corrected chi connectivity index (χ2v) is 5.89. The molecule has 0 fully saturated rings. The Balaban J connectivity index is 1.52. The molecule has 0 aliphatic heterocycles. The number of nitrogens with one attached hydrogen (secondary N) is 1. The first kappa shape index (κ1) is 17.4. The highest BCUT2D eigenvalue weighted by Crippen LogP contribution is 2.11. The van der Waals surface area contributed by atoms with Gasteiger partial charge in [0.1, 0.15) is 0 Å². The van der Waals surface area contributed by atoms with Crippen LogP contribution in [0.15, 0.2) is 48.8 Å². The van der Waals surface area contributed by atoms with Gasteiger partial charge < -0.3 is 10.4 Å². The van der Waals surface area contributed by atoms with Crippen LogP contribution in [0.3, 0.4) is 0 Å². The lowest BCUT2D eigenvalue weighted by Gasteiger charge is -2.06. The maximum atomic E-state index is 12.0. The molecule has 3 aromatic rings.